The van der Waals surface area contributed by atoms with Gasteiger partial charge in [-0.1, -0.05) is 11.6 Å². The lowest BCUT2D eigenvalue weighted by molar-refractivity contribution is 0.112. The van der Waals surface area contributed by atoms with Gasteiger partial charge in [0.15, 0.2) is 6.29 Å². The van der Waals surface area contributed by atoms with Crippen LogP contribution in [0.1, 0.15) is 15.9 Å². The second-order valence-corrected chi connectivity index (χ2v) is 3.25. The Labute approximate surface area is 82.9 Å². The van der Waals surface area contributed by atoms with E-state index in [9.17, 15) is 4.79 Å². The first-order valence-corrected chi connectivity index (χ1v) is 4.21. The highest BCUT2D eigenvalue weighted by Crippen LogP contribution is 2.26. The van der Waals surface area contributed by atoms with Gasteiger partial charge in [-0.3, -0.25) is 4.79 Å². The van der Waals surface area contributed by atoms with Crippen LogP contribution in [0.5, 0.6) is 0 Å². The van der Waals surface area contributed by atoms with Gasteiger partial charge in [-0.2, -0.15) is 5.26 Å². The van der Waals surface area contributed by atoms with Gasteiger partial charge >= 0.3 is 0 Å². The molecule has 0 N–H and O–H groups in total. The van der Waals surface area contributed by atoms with Crippen molar-refractivity contribution in [2.24, 2.45) is 0 Å². The third kappa shape index (κ3) is 1.50. The predicted molar refractivity (Wildman–Crippen MR) is 49.3 cm³/mol. The number of aldehydes is 1. The molecule has 0 radical (unpaired) electrons. The fourth-order valence-electron chi connectivity index (χ4n) is 0.764. The van der Waals surface area contributed by atoms with Crippen LogP contribution in [0.3, 0.4) is 0 Å². The Morgan fingerprint density at radius 2 is 2.25 bits per heavy atom. The average molecular weight is 244 g/mol. The number of hydrogen-bond acceptors (Lipinski definition) is 2. The second-order valence-electron chi connectivity index (χ2n) is 2.05. The van der Waals surface area contributed by atoms with Crippen LogP contribution >= 0.6 is 27.5 Å². The lowest BCUT2D eigenvalue weighted by Gasteiger charge is -2.00. The van der Waals surface area contributed by atoms with Crippen molar-refractivity contribution in [2.75, 3.05) is 0 Å². The van der Waals surface area contributed by atoms with E-state index in [-0.39, 0.29) is 0 Å². The van der Waals surface area contributed by atoms with Crippen LogP contribution < -0.4 is 0 Å². The van der Waals surface area contributed by atoms with Crippen LogP contribution in [0.4, 0.5) is 0 Å². The molecule has 1 aromatic carbocycles. The predicted octanol–water partition coefficient (Wildman–Crippen LogP) is 2.79. The second kappa shape index (κ2) is 3.70. The van der Waals surface area contributed by atoms with Crippen LogP contribution in [0.15, 0.2) is 16.6 Å². The van der Waals surface area contributed by atoms with Crippen molar-refractivity contribution >= 4 is 33.8 Å². The quantitative estimate of drug-likeness (QED) is 0.713. The number of carbonyl (C=O) groups excluding carboxylic acids is 1. The van der Waals surface area contributed by atoms with E-state index in [1.165, 1.54) is 6.07 Å². The molecule has 0 aromatic heterocycles. The highest BCUT2D eigenvalue weighted by molar-refractivity contribution is 9.10. The van der Waals surface area contributed by atoms with E-state index < -0.39 is 0 Å². The minimum absolute atomic E-state index is 0.315. The van der Waals surface area contributed by atoms with Gasteiger partial charge in [-0.25, -0.2) is 0 Å². The van der Waals surface area contributed by atoms with Crippen LogP contribution in [-0.2, 0) is 0 Å². The summed E-state index contributed by atoms with van der Waals surface area (Å²) >= 11 is 8.80. The Bertz CT molecular complexity index is 370. The van der Waals surface area contributed by atoms with E-state index >= 15 is 0 Å². The Morgan fingerprint density at radius 3 is 2.75 bits per heavy atom. The summed E-state index contributed by atoms with van der Waals surface area (Å²) in [7, 11) is 0. The zero-order valence-electron chi connectivity index (χ0n) is 5.84. The molecule has 0 unspecified atom stereocenters. The van der Waals surface area contributed by atoms with Gasteiger partial charge < -0.3 is 0 Å². The maximum Gasteiger partial charge on any atom is 0.152 e. The van der Waals surface area contributed by atoms with Crippen molar-refractivity contribution in [1.82, 2.24) is 0 Å². The number of halogens is 2. The van der Waals surface area contributed by atoms with Crippen LogP contribution in [0.2, 0.25) is 5.02 Å². The number of carbonyl (C=O) groups is 1. The van der Waals surface area contributed by atoms with Gasteiger partial charge in [0.2, 0.25) is 0 Å². The summed E-state index contributed by atoms with van der Waals surface area (Å²) in [5.74, 6) is 0. The molecule has 0 heterocycles. The molecule has 1 aromatic rings. The van der Waals surface area contributed by atoms with Gasteiger partial charge in [0, 0.05) is 10.0 Å². The molecule has 2 nitrogen and oxygen atoms in total. The summed E-state index contributed by atoms with van der Waals surface area (Å²) in [5.41, 5.74) is 0.720. The van der Waals surface area contributed by atoms with Crippen molar-refractivity contribution in [3.63, 3.8) is 0 Å². The molecule has 0 aliphatic rings. The van der Waals surface area contributed by atoms with Crippen LogP contribution in [0.25, 0.3) is 0 Å². The molecule has 0 atom stereocenters. The van der Waals surface area contributed by atoms with Crippen molar-refractivity contribution in [2.45, 2.75) is 0 Å². The zero-order valence-corrected chi connectivity index (χ0v) is 8.19. The molecule has 0 amide bonds. The smallest absolute Gasteiger partial charge is 0.152 e. The van der Waals surface area contributed by atoms with E-state index in [4.69, 9.17) is 16.9 Å². The standard InChI is InChI=1S/C8H3BrClNO/c9-8-5(3-11)1-2-7(10)6(8)4-12/h1-2,4H. The van der Waals surface area contributed by atoms with Crippen molar-refractivity contribution in [3.8, 4) is 6.07 Å². The maximum absolute atomic E-state index is 10.5. The number of nitrogens with zero attached hydrogens (tertiary/aromatic N) is 1. The summed E-state index contributed by atoms with van der Waals surface area (Å²) in [6.45, 7) is 0. The highest BCUT2D eigenvalue weighted by Gasteiger charge is 2.08. The molecule has 0 saturated carbocycles. The molecule has 12 heavy (non-hydrogen) atoms. The topological polar surface area (TPSA) is 40.9 Å². The minimum atomic E-state index is 0.315. The molecule has 0 bridgehead atoms. The first kappa shape index (κ1) is 9.24. The molecule has 0 fully saturated rings. The number of nitriles is 1. The lowest BCUT2D eigenvalue weighted by atomic mass is 10.1. The Morgan fingerprint density at radius 1 is 1.58 bits per heavy atom. The van der Waals surface area contributed by atoms with Gasteiger partial charge in [-0.05, 0) is 28.1 Å². The maximum atomic E-state index is 10.5. The lowest BCUT2D eigenvalue weighted by Crippen LogP contribution is -1.87. The molecule has 60 valence electrons. The van der Waals surface area contributed by atoms with Gasteiger partial charge in [-0.15, -0.1) is 0 Å². The van der Waals surface area contributed by atoms with Crippen molar-refractivity contribution in [3.05, 3.63) is 32.8 Å². The third-order valence-electron chi connectivity index (χ3n) is 1.36. The summed E-state index contributed by atoms with van der Waals surface area (Å²) in [6, 6.07) is 5.01. The normalized spacial score (nSPS) is 9.08. The number of benzene rings is 1. The Kier molecular flexibility index (Phi) is 2.85. The number of hydrogen-bond donors (Lipinski definition) is 0. The van der Waals surface area contributed by atoms with E-state index in [2.05, 4.69) is 15.9 Å². The Hall–Kier alpha value is -0.850. The fourth-order valence-corrected chi connectivity index (χ4v) is 1.61. The van der Waals surface area contributed by atoms with Gasteiger partial charge in [0.05, 0.1) is 10.6 Å². The first-order chi connectivity index (χ1) is 5.70. The van der Waals surface area contributed by atoms with Crippen LogP contribution in [0, 0.1) is 11.3 Å². The summed E-state index contributed by atoms with van der Waals surface area (Å²) in [4.78, 5) is 10.5. The Balaban J connectivity index is 3.46. The molecule has 0 saturated heterocycles. The summed E-state index contributed by atoms with van der Waals surface area (Å²) in [5, 5.41) is 8.93. The zero-order chi connectivity index (χ0) is 9.14. The molecule has 0 aliphatic heterocycles. The average Bonchev–Trinajstić information content (AvgIpc) is 2.06. The monoisotopic (exact) mass is 243 g/mol. The third-order valence-corrected chi connectivity index (χ3v) is 2.55. The summed E-state index contributed by atoms with van der Waals surface area (Å²) in [6.07, 6.45) is 0.618. The molecular weight excluding hydrogens is 241 g/mol. The number of rotatable bonds is 1. The van der Waals surface area contributed by atoms with E-state index in [1.54, 1.807) is 6.07 Å². The molecule has 0 spiro atoms. The van der Waals surface area contributed by atoms with E-state index in [1.807, 2.05) is 6.07 Å². The van der Waals surface area contributed by atoms with Gasteiger partial charge in [0.1, 0.15) is 6.07 Å². The minimum Gasteiger partial charge on any atom is -0.298 e. The molecule has 4 heteroatoms. The van der Waals surface area contributed by atoms with Gasteiger partial charge in [0.25, 0.3) is 0 Å². The first-order valence-electron chi connectivity index (χ1n) is 3.04. The van der Waals surface area contributed by atoms with Crippen LogP contribution in [-0.4, -0.2) is 6.29 Å². The molecule has 0 aliphatic carbocycles. The molecule has 1 rings (SSSR count). The van der Waals surface area contributed by atoms with Crippen molar-refractivity contribution in [1.29, 1.82) is 5.26 Å². The highest BCUT2D eigenvalue weighted by atomic mass is 79.9. The SMILES string of the molecule is N#Cc1ccc(Cl)c(C=O)c1Br. The molecular formula is C8H3BrClNO. The van der Waals surface area contributed by atoms with Crippen molar-refractivity contribution < 1.29 is 4.79 Å². The summed E-state index contributed by atoms with van der Waals surface area (Å²) < 4.78 is 0.451. The van der Waals surface area contributed by atoms with E-state index in [0.717, 1.165) is 0 Å². The fraction of sp³-hybridized carbons (Fsp3) is 0. The van der Waals surface area contributed by atoms with E-state index in [0.29, 0.717) is 26.9 Å². The largest absolute Gasteiger partial charge is 0.298 e.